The minimum Gasteiger partial charge on any atom is -0.306 e. The maximum absolute atomic E-state index is 4.48. The topological polar surface area (TPSA) is 17.3 Å². The molecule has 2 nitrogen and oxygen atoms in total. The second kappa shape index (κ2) is 4.23. The highest BCUT2D eigenvalue weighted by Crippen LogP contribution is 2.30. The van der Waals surface area contributed by atoms with Crippen LogP contribution in [0.5, 0.6) is 0 Å². The van der Waals surface area contributed by atoms with Crippen LogP contribution in [0.3, 0.4) is 0 Å². The molecule has 0 N–H and O–H groups in total. The van der Waals surface area contributed by atoms with Gasteiger partial charge >= 0.3 is 0 Å². The van der Waals surface area contributed by atoms with Gasteiger partial charge in [-0.05, 0) is 22.6 Å². The summed E-state index contributed by atoms with van der Waals surface area (Å²) in [6.45, 7) is 6.71. The molecule has 0 aliphatic heterocycles. The van der Waals surface area contributed by atoms with Gasteiger partial charge in [-0.25, -0.2) is 4.98 Å². The third-order valence-electron chi connectivity index (χ3n) is 3.44. The summed E-state index contributed by atoms with van der Waals surface area (Å²) >= 11 is 0. The van der Waals surface area contributed by atoms with Crippen molar-refractivity contribution in [3.8, 4) is 11.1 Å². The molecule has 2 heterocycles. The van der Waals surface area contributed by atoms with Gasteiger partial charge in [0.2, 0.25) is 0 Å². The van der Waals surface area contributed by atoms with Crippen LogP contribution < -0.4 is 0 Å². The molecule has 0 saturated heterocycles. The Bertz CT molecular complexity index is 703. The summed E-state index contributed by atoms with van der Waals surface area (Å²) in [5.74, 6) is 0. The van der Waals surface area contributed by atoms with Crippen molar-refractivity contribution >= 4 is 5.65 Å². The predicted molar refractivity (Wildman–Crippen MR) is 79.3 cm³/mol. The smallest absolute Gasteiger partial charge is 0.144 e. The molecule has 0 unspecified atom stereocenters. The van der Waals surface area contributed by atoms with Crippen LogP contribution in [0.4, 0.5) is 0 Å². The summed E-state index contributed by atoms with van der Waals surface area (Å²) in [6, 6.07) is 12.7. The first kappa shape index (κ1) is 12.0. The SMILES string of the molecule is CC(C)(C)c1cc(-c2ccccc2)c2nccn2c1. The van der Waals surface area contributed by atoms with Gasteiger partial charge in [-0.15, -0.1) is 0 Å². The minimum absolute atomic E-state index is 0.127. The Kier molecular flexibility index (Phi) is 2.67. The molecule has 0 aliphatic carbocycles. The molecule has 19 heavy (non-hydrogen) atoms. The van der Waals surface area contributed by atoms with Crippen LogP contribution in [0, 0.1) is 0 Å². The molecule has 3 rings (SSSR count). The van der Waals surface area contributed by atoms with Gasteiger partial charge < -0.3 is 4.40 Å². The third kappa shape index (κ3) is 2.14. The molecule has 0 radical (unpaired) electrons. The van der Waals surface area contributed by atoms with E-state index in [9.17, 15) is 0 Å². The van der Waals surface area contributed by atoms with Gasteiger partial charge in [-0.1, -0.05) is 51.1 Å². The number of fused-ring (bicyclic) bond motifs is 1. The quantitative estimate of drug-likeness (QED) is 0.629. The molecule has 0 saturated carbocycles. The minimum atomic E-state index is 0.127. The average molecular weight is 250 g/mol. The highest BCUT2D eigenvalue weighted by atomic mass is 15.0. The van der Waals surface area contributed by atoms with Crippen LogP contribution in [0.1, 0.15) is 26.3 Å². The molecule has 0 fully saturated rings. The van der Waals surface area contributed by atoms with E-state index in [1.807, 2.05) is 18.5 Å². The van der Waals surface area contributed by atoms with E-state index in [1.54, 1.807) is 0 Å². The Morgan fingerprint density at radius 3 is 2.47 bits per heavy atom. The van der Waals surface area contributed by atoms with E-state index in [4.69, 9.17) is 0 Å². The lowest BCUT2D eigenvalue weighted by molar-refractivity contribution is 0.587. The number of rotatable bonds is 1. The van der Waals surface area contributed by atoms with Crippen LogP contribution in [0.15, 0.2) is 55.0 Å². The first-order valence-electron chi connectivity index (χ1n) is 6.58. The van der Waals surface area contributed by atoms with E-state index in [0.29, 0.717) is 0 Å². The molecule has 3 aromatic rings. The zero-order chi connectivity index (χ0) is 13.5. The van der Waals surface area contributed by atoms with Gasteiger partial charge in [0.1, 0.15) is 5.65 Å². The summed E-state index contributed by atoms with van der Waals surface area (Å²) < 4.78 is 2.11. The lowest BCUT2D eigenvalue weighted by Gasteiger charge is -2.20. The average Bonchev–Trinajstić information content (AvgIpc) is 2.85. The van der Waals surface area contributed by atoms with Gasteiger partial charge in [-0.2, -0.15) is 0 Å². The number of pyridine rings is 1. The summed E-state index contributed by atoms with van der Waals surface area (Å²) in [5.41, 5.74) is 4.86. The maximum Gasteiger partial charge on any atom is 0.144 e. The molecule has 0 amide bonds. The van der Waals surface area contributed by atoms with Crippen LogP contribution in [-0.4, -0.2) is 9.38 Å². The highest BCUT2D eigenvalue weighted by molar-refractivity contribution is 5.78. The van der Waals surface area contributed by atoms with Crippen LogP contribution in [-0.2, 0) is 5.41 Å². The van der Waals surface area contributed by atoms with Gasteiger partial charge in [0, 0.05) is 24.2 Å². The number of hydrogen-bond donors (Lipinski definition) is 0. The van der Waals surface area contributed by atoms with Crippen molar-refractivity contribution in [3.63, 3.8) is 0 Å². The van der Waals surface area contributed by atoms with Crippen LogP contribution in [0.2, 0.25) is 0 Å². The predicted octanol–water partition coefficient (Wildman–Crippen LogP) is 4.30. The molecule has 0 aliphatic rings. The molecule has 0 spiro atoms. The van der Waals surface area contributed by atoms with Crippen molar-refractivity contribution < 1.29 is 0 Å². The molecule has 0 bridgehead atoms. The molecule has 96 valence electrons. The fourth-order valence-corrected chi connectivity index (χ4v) is 2.27. The van der Waals surface area contributed by atoms with E-state index in [2.05, 4.69) is 66.7 Å². The largest absolute Gasteiger partial charge is 0.306 e. The zero-order valence-corrected chi connectivity index (χ0v) is 11.6. The zero-order valence-electron chi connectivity index (χ0n) is 11.6. The monoisotopic (exact) mass is 250 g/mol. The van der Waals surface area contributed by atoms with E-state index < -0.39 is 0 Å². The van der Waals surface area contributed by atoms with Gasteiger partial charge in [0.25, 0.3) is 0 Å². The Balaban J connectivity index is 2.31. The lowest BCUT2D eigenvalue weighted by atomic mass is 9.87. The fourth-order valence-electron chi connectivity index (χ4n) is 2.27. The van der Waals surface area contributed by atoms with Crippen molar-refractivity contribution in [2.24, 2.45) is 0 Å². The second-order valence-electron chi connectivity index (χ2n) is 5.92. The molecular formula is C17H18N2. The van der Waals surface area contributed by atoms with Gasteiger partial charge in [0.15, 0.2) is 0 Å². The molecule has 2 heteroatoms. The molecule has 1 aromatic carbocycles. The van der Waals surface area contributed by atoms with E-state index in [-0.39, 0.29) is 5.41 Å². The summed E-state index contributed by atoms with van der Waals surface area (Å²) in [6.07, 6.45) is 6.04. The van der Waals surface area contributed by atoms with Crippen molar-refractivity contribution in [3.05, 3.63) is 60.6 Å². The van der Waals surface area contributed by atoms with Crippen molar-refractivity contribution in [1.82, 2.24) is 9.38 Å². The normalized spacial score (nSPS) is 11.9. The number of nitrogens with zero attached hydrogens (tertiary/aromatic N) is 2. The molecular weight excluding hydrogens is 232 g/mol. The van der Waals surface area contributed by atoms with E-state index in [1.165, 1.54) is 16.7 Å². The first-order chi connectivity index (χ1) is 9.05. The second-order valence-corrected chi connectivity index (χ2v) is 5.92. The van der Waals surface area contributed by atoms with Crippen molar-refractivity contribution in [1.29, 1.82) is 0 Å². The Hall–Kier alpha value is -2.09. The highest BCUT2D eigenvalue weighted by Gasteiger charge is 2.17. The van der Waals surface area contributed by atoms with Crippen LogP contribution >= 0.6 is 0 Å². The standard InChI is InChI=1S/C17H18N2/c1-17(2,3)14-11-15(13-7-5-4-6-8-13)16-18-9-10-19(16)12-14/h4-12H,1-3H3. The maximum atomic E-state index is 4.48. The Morgan fingerprint density at radius 1 is 1.05 bits per heavy atom. The van der Waals surface area contributed by atoms with Crippen molar-refractivity contribution in [2.45, 2.75) is 26.2 Å². The van der Waals surface area contributed by atoms with Crippen LogP contribution in [0.25, 0.3) is 16.8 Å². The van der Waals surface area contributed by atoms with E-state index >= 15 is 0 Å². The third-order valence-corrected chi connectivity index (χ3v) is 3.44. The number of benzene rings is 1. The molecule has 2 aromatic heterocycles. The fraction of sp³-hybridized carbons (Fsp3) is 0.235. The van der Waals surface area contributed by atoms with Gasteiger partial charge in [-0.3, -0.25) is 0 Å². The Labute approximate surface area is 113 Å². The van der Waals surface area contributed by atoms with E-state index in [0.717, 1.165) is 5.65 Å². The number of aromatic nitrogens is 2. The lowest BCUT2D eigenvalue weighted by Crippen LogP contribution is -2.12. The summed E-state index contributed by atoms with van der Waals surface area (Å²) in [5, 5.41) is 0. The number of hydrogen-bond acceptors (Lipinski definition) is 1. The Morgan fingerprint density at radius 2 is 1.79 bits per heavy atom. The molecule has 0 atom stereocenters. The summed E-state index contributed by atoms with van der Waals surface area (Å²) in [4.78, 5) is 4.48. The number of imidazole rings is 1. The first-order valence-corrected chi connectivity index (χ1v) is 6.58. The van der Waals surface area contributed by atoms with Crippen molar-refractivity contribution in [2.75, 3.05) is 0 Å². The summed E-state index contributed by atoms with van der Waals surface area (Å²) in [7, 11) is 0. The van der Waals surface area contributed by atoms with Gasteiger partial charge in [0.05, 0.1) is 0 Å².